The second kappa shape index (κ2) is 14.1. The van der Waals surface area contributed by atoms with Crippen molar-refractivity contribution in [3.63, 3.8) is 0 Å². The molecule has 5 atom stereocenters. The molecule has 41 heavy (non-hydrogen) atoms. The monoisotopic (exact) mass is 603 g/mol. The number of ether oxygens (including phenoxy) is 1. The number of thiazole rings is 1. The summed E-state index contributed by atoms with van der Waals surface area (Å²) in [4.78, 5) is 32.2. The van der Waals surface area contributed by atoms with Crippen molar-refractivity contribution in [3.8, 4) is 0 Å². The van der Waals surface area contributed by atoms with Crippen LogP contribution in [0.2, 0.25) is 18.1 Å². The molecule has 230 valence electrons. The SMILES string of the molecule is C/C1=C/C[C@@H](/C(C)=C/c2csc(C)n2)OC(=O)C[C@H](O[Si](C)(C)C(C)(C)C)C(C)(C)C(=O)[C@H](C)[C@@H](O)[C@@H](C)/C=C/C1. The summed E-state index contributed by atoms with van der Waals surface area (Å²) in [5.41, 5.74) is 1.87. The van der Waals surface area contributed by atoms with Crippen LogP contribution < -0.4 is 0 Å². The molecule has 8 heteroatoms. The van der Waals surface area contributed by atoms with Gasteiger partial charge in [0.25, 0.3) is 0 Å². The summed E-state index contributed by atoms with van der Waals surface area (Å²) in [5, 5.41) is 14.0. The van der Waals surface area contributed by atoms with Crippen molar-refractivity contribution in [2.45, 2.75) is 125 Å². The first-order valence-electron chi connectivity index (χ1n) is 14.8. The van der Waals surface area contributed by atoms with Gasteiger partial charge in [-0.3, -0.25) is 9.59 Å². The molecule has 6 nitrogen and oxygen atoms in total. The van der Waals surface area contributed by atoms with Crippen molar-refractivity contribution >= 4 is 37.5 Å². The van der Waals surface area contributed by atoms with Crippen molar-refractivity contribution < 1.29 is 23.9 Å². The molecule has 1 aromatic heterocycles. The first-order chi connectivity index (χ1) is 18.8. The van der Waals surface area contributed by atoms with Crippen molar-refractivity contribution in [1.29, 1.82) is 0 Å². The number of aromatic nitrogens is 1. The average molecular weight is 604 g/mol. The van der Waals surface area contributed by atoms with E-state index < -0.39 is 43.9 Å². The van der Waals surface area contributed by atoms with E-state index in [-0.39, 0.29) is 23.2 Å². The first kappa shape index (κ1) is 35.3. The number of Topliss-reactive ketones (excluding diaryl/α,β-unsaturated/α-hetero) is 1. The Morgan fingerprint density at radius 2 is 1.85 bits per heavy atom. The van der Waals surface area contributed by atoms with Gasteiger partial charge >= 0.3 is 5.97 Å². The van der Waals surface area contributed by atoms with Gasteiger partial charge in [-0.25, -0.2) is 4.98 Å². The highest BCUT2D eigenvalue weighted by Gasteiger charge is 2.48. The third-order valence-electron chi connectivity index (χ3n) is 8.85. The maximum Gasteiger partial charge on any atom is 0.309 e. The number of hydrogen-bond acceptors (Lipinski definition) is 7. The van der Waals surface area contributed by atoms with E-state index in [9.17, 15) is 14.7 Å². The number of allylic oxidation sites excluding steroid dienone is 2. The molecule has 1 N–H and O–H groups in total. The number of aliphatic hydroxyl groups excluding tert-OH is 1. The fourth-order valence-corrected chi connectivity index (χ4v) is 6.78. The van der Waals surface area contributed by atoms with Gasteiger partial charge in [0.05, 0.1) is 29.3 Å². The molecule has 2 heterocycles. The van der Waals surface area contributed by atoms with E-state index in [0.29, 0.717) is 12.8 Å². The summed E-state index contributed by atoms with van der Waals surface area (Å²) < 4.78 is 13.0. The molecule has 1 aliphatic rings. The van der Waals surface area contributed by atoms with E-state index in [1.807, 2.05) is 65.2 Å². The molecule has 0 amide bonds. The Labute approximate surface area is 253 Å². The summed E-state index contributed by atoms with van der Waals surface area (Å²) >= 11 is 1.58. The first-order valence-corrected chi connectivity index (χ1v) is 18.6. The van der Waals surface area contributed by atoms with Crippen molar-refractivity contribution in [3.05, 3.63) is 45.5 Å². The fourth-order valence-electron chi connectivity index (χ4n) is 4.76. The molecular formula is C33H53NO5SSi. The van der Waals surface area contributed by atoms with Crippen LogP contribution in [0.3, 0.4) is 0 Å². The highest BCUT2D eigenvalue weighted by molar-refractivity contribution is 7.09. The molecule has 0 bridgehead atoms. The summed E-state index contributed by atoms with van der Waals surface area (Å²) in [7, 11) is -2.37. The van der Waals surface area contributed by atoms with Crippen LogP contribution in [0, 0.1) is 24.2 Å². The van der Waals surface area contributed by atoms with Gasteiger partial charge in [0.2, 0.25) is 0 Å². The van der Waals surface area contributed by atoms with Crippen LogP contribution in [0.25, 0.3) is 6.08 Å². The van der Waals surface area contributed by atoms with Gasteiger partial charge < -0.3 is 14.3 Å². The van der Waals surface area contributed by atoms with E-state index in [2.05, 4.69) is 44.9 Å². The molecule has 0 saturated heterocycles. The van der Waals surface area contributed by atoms with Crippen LogP contribution in [0.5, 0.6) is 0 Å². The third kappa shape index (κ3) is 9.57. The Morgan fingerprint density at radius 3 is 2.41 bits per heavy atom. The second-order valence-corrected chi connectivity index (χ2v) is 19.7. The van der Waals surface area contributed by atoms with Crippen LogP contribution in [0.4, 0.5) is 0 Å². The Kier molecular flexibility index (Phi) is 12.1. The van der Waals surface area contributed by atoms with E-state index in [1.165, 1.54) is 0 Å². The van der Waals surface area contributed by atoms with Gasteiger partial charge in [-0.15, -0.1) is 11.3 Å². The predicted octanol–water partition coefficient (Wildman–Crippen LogP) is 8.07. The molecule has 0 fully saturated rings. The van der Waals surface area contributed by atoms with Gasteiger partial charge in [-0.1, -0.05) is 72.3 Å². The van der Waals surface area contributed by atoms with Gasteiger partial charge in [0, 0.05) is 29.1 Å². The molecule has 1 aromatic rings. The minimum atomic E-state index is -2.37. The van der Waals surface area contributed by atoms with Gasteiger partial charge in [-0.05, 0) is 57.0 Å². The number of hydrogen-bond donors (Lipinski definition) is 1. The quantitative estimate of drug-likeness (QED) is 0.213. The summed E-state index contributed by atoms with van der Waals surface area (Å²) in [6.07, 6.45) is 7.30. The van der Waals surface area contributed by atoms with Crippen LogP contribution >= 0.6 is 11.3 Å². The standard InChI is InChI=1S/C33H53NO5SSi/c1-21-14-13-15-22(2)30(36)24(4)31(37)33(9,10)28(39-41(11,12)32(6,7)8)19-29(35)38-27(17-16-21)23(3)18-26-20-40-25(5)34-26/h13,15-16,18,20,22,24,27-28,30,36H,14,17,19H2,1-12H3/b15-13+,21-16-,23-18+/t22-,24+,27-,28-,30-/m0/s1. The maximum absolute atomic E-state index is 14.0. The molecule has 0 saturated carbocycles. The lowest BCUT2D eigenvalue weighted by atomic mass is 9.73. The van der Waals surface area contributed by atoms with Gasteiger partial charge in [0.15, 0.2) is 8.32 Å². The molecule has 0 unspecified atom stereocenters. The third-order valence-corrected chi connectivity index (χ3v) is 14.1. The number of rotatable bonds is 4. The number of ketones is 1. The predicted molar refractivity (Wildman–Crippen MR) is 172 cm³/mol. The summed E-state index contributed by atoms with van der Waals surface area (Å²) in [6, 6.07) is 0. The Balaban J connectivity index is 2.57. The van der Waals surface area contributed by atoms with Crippen LogP contribution in [0.15, 0.2) is 34.8 Å². The van der Waals surface area contributed by atoms with E-state index in [0.717, 1.165) is 21.8 Å². The lowest BCUT2D eigenvalue weighted by Crippen LogP contribution is -2.52. The Hall–Kier alpha value is -1.87. The molecule has 0 radical (unpaired) electrons. The number of cyclic esters (lactones) is 1. The van der Waals surface area contributed by atoms with E-state index in [4.69, 9.17) is 9.16 Å². The topological polar surface area (TPSA) is 85.7 Å². The van der Waals surface area contributed by atoms with Crippen molar-refractivity contribution in [1.82, 2.24) is 4.98 Å². The molecule has 2 rings (SSSR count). The maximum atomic E-state index is 14.0. The minimum Gasteiger partial charge on any atom is -0.457 e. The average Bonchev–Trinajstić information content (AvgIpc) is 3.27. The van der Waals surface area contributed by atoms with Gasteiger partial charge in [0.1, 0.15) is 11.9 Å². The Morgan fingerprint density at radius 1 is 1.22 bits per heavy atom. The largest absolute Gasteiger partial charge is 0.457 e. The summed E-state index contributed by atoms with van der Waals surface area (Å²) in [6.45, 7) is 24.1. The smallest absolute Gasteiger partial charge is 0.309 e. The Bertz CT molecular complexity index is 1160. The van der Waals surface area contributed by atoms with Gasteiger partial charge in [-0.2, -0.15) is 0 Å². The molecule has 0 aliphatic carbocycles. The van der Waals surface area contributed by atoms with Crippen molar-refractivity contribution in [2.75, 3.05) is 0 Å². The summed E-state index contributed by atoms with van der Waals surface area (Å²) in [5.74, 6) is -1.34. The molecule has 1 aliphatic heterocycles. The zero-order valence-electron chi connectivity index (χ0n) is 27.3. The number of aryl methyl sites for hydroxylation is 1. The highest BCUT2D eigenvalue weighted by Crippen LogP contribution is 2.42. The fraction of sp³-hybridized carbons (Fsp3) is 0.667. The zero-order valence-corrected chi connectivity index (χ0v) is 29.1. The van der Waals surface area contributed by atoms with Crippen LogP contribution in [-0.4, -0.2) is 48.5 Å². The number of carbonyl (C=O) groups is 2. The zero-order chi connectivity index (χ0) is 31.3. The number of carbonyl (C=O) groups excluding carboxylic acids is 2. The lowest BCUT2D eigenvalue weighted by Gasteiger charge is -2.44. The number of aliphatic hydroxyl groups is 1. The van der Waals surface area contributed by atoms with Crippen LogP contribution in [-0.2, 0) is 18.8 Å². The van der Waals surface area contributed by atoms with E-state index in [1.54, 1.807) is 18.3 Å². The van der Waals surface area contributed by atoms with E-state index >= 15 is 0 Å². The number of nitrogens with zero attached hydrogens (tertiary/aromatic N) is 1. The minimum absolute atomic E-state index is 0.0498. The molecule has 0 spiro atoms. The second-order valence-electron chi connectivity index (χ2n) is 13.9. The van der Waals surface area contributed by atoms with Crippen molar-refractivity contribution in [2.24, 2.45) is 17.3 Å². The number of esters is 1. The lowest BCUT2D eigenvalue weighted by molar-refractivity contribution is -0.153. The normalized spacial score (nSPS) is 29.9. The molecular weight excluding hydrogens is 551 g/mol. The molecule has 0 aromatic carbocycles. The van der Waals surface area contributed by atoms with Crippen LogP contribution in [0.1, 0.15) is 92.3 Å². The highest BCUT2D eigenvalue weighted by atomic mass is 32.1.